The number of piperidine rings is 1. The van der Waals surface area contributed by atoms with E-state index in [1.807, 2.05) is 0 Å². The van der Waals surface area contributed by atoms with E-state index in [-0.39, 0.29) is 5.54 Å². The van der Waals surface area contributed by atoms with Gasteiger partial charge in [-0.15, -0.1) is 17.0 Å². The number of rotatable bonds is 4. The van der Waals surface area contributed by atoms with E-state index in [0.29, 0.717) is 18.1 Å². The minimum atomic E-state index is -1.31. The first-order valence-electron chi connectivity index (χ1n) is 11.8. The fraction of sp³-hybridized carbons (Fsp3) is 0.760. The Kier molecular flexibility index (Phi) is 7.22. The number of unbranched alkanes of at least 4 members (excludes halogenated alkanes) is 1. The topological polar surface area (TPSA) is 12.5 Å². The standard InChI is InChI=1S/C25H41NOSi2/c1-28(2,3)20-10-7-8-14-22-15-12-18-25-19-13-17-24(27-26(22)25)23(25)16-9-11-21-29(4,5)6/h9,16,22-24H,7-8,12-15,17-19H2,1-6H3/b16-9-/t22-,23?,24?,25?/m1/s1. The second-order valence-electron chi connectivity index (χ2n) is 11.4. The molecule has 160 valence electrons. The third-order valence-electron chi connectivity index (χ3n) is 6.42. The molecule has 2 aliphatic heterocycles. The molecule has 3 unspecified atom stereocenters. The van der Waals surface area contributed by atoms with E-state index in [1.165, 1.54) is 51.4 Å². The van der Waals surface area contributed by atoms with Crippen LogP contribution in [0.3, 0.4) is 0 Å². The van der Waals surface area contributed by atoms with Crippen molar-refractivity contribution in [2.24, 2.45) is 5.92 Å². The van der Waals surface area contributed by atoms with Crippen molar-refractivity contribution in [1.82, 2.24) is 5.06 Å². The molecule has 2 bridgehead atoms. The van der Waals surface area contributed by atoms with Gasteiger partial charge in [0.1, 0.15) is 16.1 Å². The molecule has 1 aliphatic carbocycles. The van der Waals surface area contributed by atoms with Gasteiger partial charge in [-0.1, -0.05) is 51.3 Å². The van der Waals surface area contributed by atoms with Crippen molar-refractivity contribution < 1.29 is 4.84 Å². The molecular weight excluding hydrogens is 386 g/mol. The summed E-state index contributed by atoms with van der Waals surface area (Å²) < 4.78 is 0. The first-order chi connectivity index (χ1) is 13.6. The maximum atomic E-state index is 6.63. The zero-order valence-corrected chi connectivity index (χ0v) is 21.6. The molecule has 0 aromatic heterocycles. The lowest BCUT2D eigenvalue weighted by Crippen LogP contribution is -2.55. The quantitative estimate of drug-likeness (QED) is 0.302. The molecule has 29 heavy (non-hydrogen) atoms. The van der Waals surface area contributed by atoms with Crippen LogP contribution in [0.2, 0.25) is 39.3 Å². The normalized spacial score (nSPS) is 32.3. The van der Waals surface area contributed by atoms with Crippen LogP contribution < -0.4 is 0 Å². The molecule has 4 heteroatoms. The summed E-state index contributed by atoms with van der Waals surface area (Å²) in [7, 11) is -2.54. The molecule has 4 atom stereocenters. The van der Waals surface area contributed by atoms with Crippen LogP contribution in [-0.4, -0.2) is 38.9 Å². The van der Waals surface area contributed by atoms with E-state index in [1.54, 1.807) is 0 Å². The number of nitrogens with zero attached hydrogens (tertiary/aromatic N) is 1. The Morgan fingerprint density at radius 2 is 1.69 bits per heavy atom. The summed E-state index contributed by atoms with van der Waals surface area (Å²) in [5.41, 5.74) is 7.22. The highest BCUT2D eigenvalue weighted by Crippen LogP contribution is 2.54. The van der Waals surface area contributed by atoms with E-state index in [4.69, 9.17) is 4.84 Å². The molecule has 0 amide bonds. The summed E-state index contributed by atoms with van der Waals surface area (Å²) in [5.74, 6) is 7.32. The van der Waals surface area contributed by atoms with Crippen molar-refractivity contribution in [2.45, 2.75) is 115 Å². The van der Waals surface area contributed by atoms with E-state index < -0.39 is 16.1 Å². The largest absolute Gasteiger partial charge is 0.294 e. The van der Waals surface area contributed by atoms with Crippen molar-refractivity contribution >= 4 is 16.1 Å². The summed E-state index contributed by atoms with van der Waals surface area (Å²) in [6.07, 6.45) is 16.1. The third kappa shape index (κ3) is 5.89. The maximum Gasteiger partial charge on any atom is 0.129 e. The van der Waals surface area contributed by atoms with Crippen LogP contribution in [0, 0.1) is 28.8 Å². The number of fused-ring (bicyclic) bond motifs is 1. The molecule has 2 heterocycles. The predicted molar refractivity (Wildman–Crippen MR) is 130 cm³/mol. The highest BCUT2D eigenvalue weighted by Gasteiger charge is 2.58. The number of allylic oxidation sites excluding steroid dienone is 1. The monoisotopic (exact) mass is 427 g/mol. The van der Waals surface area contributed by atoms with Crippen molar-refractivity contribution in [1.29, 1.82) is 0 Å². The molecule has 3 aliphatic rings. The van der Waals surface area contributed by atoms with Gasteiger partial charge in [-0.05, 0) is 57.4 Å². The van der Waals surface area contributed by atoms with Crippen molar-refractivity contribution in [3.8, 4) is 22.9 Å². The summed E-state index contributed by atoms with van der Waals surface area (Å²) in [6, 6.07) is 0.574. The fourth-order valence-corrected chi connectivity index (χ4v) is 6.44. The zero-order chi connectivity index (χ0) is 21.1. The lowest BCUT2D eigenvalue weighted by molar-refractivity contribution is -0.223. The minimum Gasteiger partial charge on any atom is -0.294 e. The first kappa shape index (κ1) is 22.9. The predicted octanol–water partition coefficient (Wildman–Crippen LogP) is 6.18. The average molecular weight is 428 g/mol. The minimum absolute atomic E-state index is 0.229. The van der Waals surface area contributed by atoms with E-state index in [9.17, 15) is 0 Å². The van der Waals surface area contributed by atoms with Gasteiger partial charge in [0.25, 0.3) is 0 Å². The second-order valence-corrected chi connectivity index (χ2v) is 20.9. The fourth-order valence-electron chi connectivity index (χ4n) is 5.27. The molecule has 0 radical (unpaired) electrons. The van der Waals surface area contributed by atoms with Crippen LogP contribution in [0.1, 0.15) is 57.8 Å². The average Bonchev–Trinajstić information content (AvgIpc) is 2.78. The lowest BCUT2D eigenvalue weighted by Gasteiger charge is -2.48. The van der Waals surface area contributed by atoms with Gasteiger partial charge in [0.05, 0.1) is 11.6 Å². The highest BCUT2D eigenvalue weighted by atomic mass is 28.3. The highest BCUT2D eigenvalue weighted by molar-refractivity contribution is 6.84. The maximum absolute atomic E-state index is 6.63. The second kappa shape index (κ2) is 9.15. The Morgan fingerprint density at radius 1 is 1.00 bits per heavy atom. The molecule has 1 saturated carbocycles. The lowest BCUT2D eigenvalue weighted by atomic mass is 9.67. The Hall–Kier alpha value is -0.786. The van der Waals surface area contributed by atoms with Crippen LogP contribution in [0.15, 0.2) is 12.2 Å². The molecule has 1 spiro atoms. The Morgan fingerprint density at radius 3 is 2.38 bits per heavy atom. The van der Waals surface area contributed by atoms with Gasteiger partial charge in [-0.25, -0.2) is 0 Å². The van der Waals surface area contributed by atoms with Crippen LogP contribution in [0.5, 0.6) is 0 Å². The third-order valence-corrected chi connectivity index (χ3v) is 8.24. The SMILES string of the molecule is C[Si](C)(C)C#C/C=C\C1C2CCCC13CCC[C@@H](CCCC#C[Si](C)(C)C)N3O2. The summed E-state index contributed by atoms with van der Waals surface area (Å²) in [6.45, 7) is 13.9. The Bertz CT molecular complexity index is 720. The number of hydroxylamine groups is 2. The van der Waals surface area contributed by atoms with Crippen molar-refractivity contribution in [2.75, 3.05) is 0 Å². The van der Waals surface area contributed by atoms with Crippen LogP contribution in [0.25, 0.3) is 0 Å². The van der Waals surface area contributed by atoms with Gasteiger partial charge in [0.15, 0.2) is 0 Å². The van der Waals surface area contributed by atoms with Gasteiger partial charge < -0.3 is 0 Å². The Labute approximate surface area is 181 Å². The van der Waals surface area contributed by atoms with Crippen molar-refractivity contribution in [3.05, 3.63) is 12.2 Å². The molecule has 3 fully saturated rings. The van der Waals surface area contributed by atoms with Gasteiger partial charge in [0.2, 0.25) is 0 Å². The van der Waals surface area contributed by atoms with Gasteiger partial charge in [0, 0.05) is 18.4 Å². The summed E-state index contributed by atoms with van der Waals surface area (Å²) in [4.78, 5) is 6.63. The van der Waals surface area contributed by atoms with Crippen LogP contribution in [-0.2, 0) is 4.84 Å². The summed E-state index contributed by atoms with van der Waals surface area (Å²) >= 11 is 0. The summed E-state index contributed by atoms with van der Waals surface area (Å²) in [5, 5.41) is 2.49. The Balaban J connectivity index is 1.66. The van der Waals surface area contributed by atoms with Gasteiger partial charge >= 0.3 is 0 Å². The number of hydrogen-bond donors (Lipinski definition) is 0. The van der Waals surface area contributed by atoms with Gasteiger partial charge in [-0.2, -0.15) is 5.06 Å². The molecule has 0 aromatic rings. The molecular formula is C25H41NOSi2. The molecule has 0 N–H and O–H groups in total. The number of hydrogen-bond acceptors (Lipinski definition) is 2. The molecule has 0 aromatic carbocycles. The zero-order valence-electron chi connectivity index (χ0n) is 19.6. The van der Waals surface area contributed by atoms with Crippen molar-refractivity contribution in [3.63, 3.8) is 0 Å². The molecule has 3 rings (SSSR count). The smallest absolute Gasteiger partial charge is 0.129 e. The van der Waals surface area contributed by atoms with E-state index in [0.717, 1.165) is 6.42 Å². The van der Waals surface area contributed by atoms with Gasteiger partial charge in [-0.3, -0.25) is 4.84 Å². The van der Waals surface area contributed by atoms with Crippen LogP contribution >= 0.6 is 0 Å². The van der Waals surface area contributed by atoms with E-state index in [2.05, 4.69) is 79.4 Å². The molecule has 2 saturated heterocycles. The van der Waals surface area contributed by atoms with Crippen LogP contribution in [0.4, 0.5) is 0 Å². The first-order valence-corrected chi connectivity index (χ1v) is 18.8. The van der Waals surface area contributed by atoms with E-state index >= 15 is 0 Å². The molecule has 2 nitrogen and oxygen atoms in total.